The van der Waals surface area contributed by atoms with Gasteiger partial charge in [0.1, 0.15) is 12.4 Å². The molecule has 1 rings (SSSR count). The van der Waals surface area contributed by atoms with Gasteiger partial charge >= 0.3 is 0 Å². The number of aliphatic hydroxyl groups excluding tert-OH is 1. The molecular formula is C14H19NO3. The van der Waals surface area contributed by atoms with Crippen LogP contribution in [0.3, 0.4) is 0 Å². The first-order valence-corrected chi connectivity index (χ1v) is 5.88. The molecule has 0 saturated heterocycles. The normalized spacial score (nSPS) is 9.72. The highest BCUT2D eigenvalue weighted by molar-refractivity contribution is 5.94. The first-order chi connectivity index (χ1) is 8.63. The van der Waals surface area contributed by atoms with Crippen LogP contribution in [0.15, 0.2) is 35.9 Å². The lowest BCUT2D eigenvalue weighted by atomic mass is 10.2. The third-order valence-electron chi connectivity index (χ3n) is 2.24. The Morgan fingerprint density at radius 2 is 2.22 bits per heavy atom. The average Bonchev–Trinajstić information content (AvgIpc) is 2.36. The van der Waals surface area contributed by atoms with Crippen molar-refractivity contribution in [2.45, 2.75) is 13.8 Å². The Kier molecular flexibility index (Phi) is 5.94. The molecule has 0 spiro atoms. The summed E-state index contributed by atoms with van der Waals surface area (Å²) in [6, 6.07) is 6.97. The van der Waals surface area contributed by atoms with Crippen LogP contribution in [0, 0.1) is 0 Å². The van der Waals surface area contributed by atoms with E-state index in [0.717, 1.165) is 0 Å². The van der Waals surface area contributed by atoms with Gasteiger partial charge < -0.3 is 15.2 Å². The standard InChI is InChI=1S/C14H19NO3/c1-11(2)6-9-18-13-5-3-4-12(10-13)14(17)15-7-8-16/h3-6,10,16H,7-9H2,1-2H3,(H,15,17). The van der Waals surface area contributed by atoms with Gasteiger partial charge in [0, 0.05) is 12.1 Å². The minimum absolute atomic E-state index is 0.0670. The second-order valence-corrected chi connectivity index (χ2v) is 4.10. The molecule has 0 radical (unpaired) electrons. The molecule has 1 aromatic rings. The van der Waals surface area contributed by atoms with Gasteiger partial charge in [0.2, 0.25) is 0 Å². The summed E-state index contributed by atoms with van der Waals surface area (Å²) in [6.45, 7) is 4.68. The maximum atomic E-state index is 11.6. The van der Waals surface area contributed by atoms with Gasteiger partial charge in [-0.25, -0.2) is 0 Å². The van der Waals surface area contributed by atoms with Crippen LogP contribution < -0.4 is 10.1 Å². The molecule has 0 heterocycles. The van der Waals surface area contributed by atoms with Gasteiger partial charge in [-0.1, -0.05) is 11.6 Å². The molecule has 0 aliphatic rings. The van der Waals surface area contributed by atoms with E-state index < -0.39 is 0 Å². The van der Waals surface area contributed by atoms with Crippen LogP contribution in [0.5, 0.6) is 5.75 Å². The number of allylic oxidation sites excluding steroid dienone is 1. The summed E-state index contributed by atoms with van der Waals surface area (Å²) in [5.41, 5.74) is 1.71. The molecule has 0 unspecified atom stereocenters. The van der Waals surface area contributed by atoms with Gasteiger partial charge in [0.25, 0.3) is 5.91 Å². The van der Waals surface area contributed by atoms with E-state index in [1.54, 1.807) is 18.2 Å². The number of ether oxygens (including phenoxy) is 1. The largest absolute Gasteiger partial charge is 0.490 e. The van der Waals surface area contributed by atoms with E-state index in [9.17, 15) is 4.79 Å². The lowest BCUT2D eigenvalue weighted by molar-refractivity contribution is 0.0944. The molecule has 0 aliphatic carbocycles. The van der Waals surface area contributed by atoms with Crippen LogP contribution in [0.25, 0.3) is 0 Å². The second-order valence-electron chi connectivity index (χ2n) is 4.10. The molecule has 0 bridgehead atoms. The predicted molar refractivity (Wildman–Crippen MR) is 70.8 cm³/mol. The summed E-state index contributed by atoms with van der Waals surface area (Å²) < 4.78 is 5.51. The topological polar surface area (TPSA) is 58.6 Å². The highest BCUT2D eigenvalue weighted by atomic mass is 16.5. The number of aliphatic hydroxyl groups is 1. The van der Waals surface area contributed by atoms with Crippen LogP contribution in [0.2, 0.25) is 0 Å². The smallest absolute Gasteiger partial charge is 0.251 e. The van der Waals surface area contributed by atoms with Crippen molar-refractivity contribution in [2.24, 2.45) is 0 Å². The zero-order chi connectivity index (χ0) is 13.4. The van der Waals surface area contributed by atoms with Crippen molar-refractivity contribution in [1.29, 1.82) is 0 Å². The summed E-state index contributed by atoms with van der Waals surface area (Å²) in [5.74, 6) is 0.445. The van der Waals surface area contributed by atoms with Gasteiger partial charge in [-0.3, -0.25) is 4.79 Å². The molecule has 0 atom stereocenters. The van der Waals surface area contributed by atoms with Crippen LogP contribution in [-0.2, 0) is 0 Å². The molecule has 18 heavy (non-hydrogen) atoms. The van der Waals surface area contributed by atoms with Crippen molar-refractivity contribution in [3.05, 3.63) is 41.5 Å². The van der Waals surface area contributed by atoms with E-state index in [0.29, 0.717) is 17.9 Å². The van der Waals surface area contributed by atoms with E-state index in [1.165, 1.54) is 5.57 Å². The summed E-state index contributed by atoms with van der Waals surface area (Å²) in [5, 5.41) is 11.2. The van der Waals surface area contributed by atoms with Crippen molar-refractivity contribution in [1.82, 2.24) is 5.32 Å². The van der Waals surface area contributed by atoms with Crippen molar-refractivity contribution in [2.75, 3.05) is 19.8 Å². The third kappa shape index (κ3) is 5.01. The van der Waals surface area contributed by atoms with Gasteiger partial charge in [-0.05, 0) is 38.1 Å². The Labute approximate surface area is 107 Å². The van der Waals surface area contributed by atoms with Gasteiger partial charge in [0.05, 0.1) is 6.61 Å². The Bertz CT molecular complexity index is 423. The summed E-state index contributed by atoms with van der Waals surface area (Å²) in [4.78, 5) is 11.6. The minimum Gasteiger partial charge on any atom is -0.490 e. The molecule has 1 aromatic carbocycles. The van der Waals surface area contributed by atoms with E-state index in [2.05, 4.69) is 5.32 Å². The van der Waals surface area contributed by atoms with E-state index in [4.69, 9.17) is 9.84 Å². The van der Waals surface area contributed by atoms with Crippen molar-refractivity contribution >= 4 is 5.91 Å². The van der Waals surface area contributed by atoms with Crippen LogP contribution in [0.1, 0.15) is 24.2 Å². The van der Waals surface area contributed by atoms with Crippen LogP contribution >= 0.6 is 0 Å². The number of amides is 1. The Balaban J connectivity index is 2.61. The molecule has 0 aromatic heterocycles. The zero-order valence-electron chi connectivity index (χ0n) is 10.8. The zero-order valence-corrected chi connectivity index (χ0v) is 10.8. The third-order valence-corrected chi connectivity index (χ3v) is 2.24. The summed E-state index contributed by atoms with van der Waals surface area (Å²) in [7, 11) is 0. The summed E-state index contributed by atoms with van der Waals surface area (Å²) in [6.07, 6.45) is 1.97. The summed E-state index contributed by atoms with van der Waals surface area (Å²) >= 11 is 0. The fourth-order valence-corrected chi connectivity index (χ4v) is 1.30. The quantitative estimate of drug-likeness (QED) is 0.755. The Morgan fingerprint density at radius 1 is 1.44 bits per heavy atom. The molecule has 0 saturated carbocycles. The lowest BCUT2D eigenvalue weighted by Gasteiger charge is -2.07. The predicted octanol–water partition coefficient (Wildman–Crippen LogP) is 1.75. The fourth-order valence-electron chi connectivity index (χ4n) is 1.30. The molecule has 4 nitrogen and oxygen atoms in total. The van der Waals surface area contributed by atoms with Crippen LogP contribution in [0.4, 0.5) is 0 Å². The molecule has 0 fully saturated rings. The number of carbonyl (C=O) groups is 1. The number of rotatable bonds is 6. The van der Waals surface area contributed by atoms with Gasteiger partial charge in [-0.2, -0.15) is 0 Å². The monoisotopic (exact) mass is 249 g/mol. The van der Waals surface area contributed by atoms with E-state index in [-0.39, 0.29) is 19.1 Å². The Hall–Kier alpha value is -1.81. The van der Waals surface area contributed by atoms with E-state index in [1.807, 2.05) is 26.0 Å². The first kappa shape index (κ1) is 14.3. The maximum absolute atomic E-state index is 11.6. The molecule has 0 aliphatic heterocycles. The SMILES string of the molecule is CC(C)=CCOc1cccc(C(=O)NCCO)c1. The highest BCUT2D eigenvalue weighted by Crippen LogP contribution is 2.13. The first-order valence-electron chi connectivity index (χ1n) is 5.88. The number of carbonyl (C=O) groups excluding carboxylic acids is 1. The molecule has 1 amide bonds. The maximum Gasteiger partial charge on any atom is 0.251 e. The van der Waals surface area contributed by atoms with Crippen LogP contribution in [-0.4, -0.2) is 30.8 Å². The lowest BCUT2D eigenvalue weighted by Crippen LogP contribution is -2.26. The molecule has 98 valence electrons. The minimum atomic E-state index is -0.211. The van der Waals surface area contributed by atoms with E-state index >= 15 is 0 Å². The van der Waals surface area contributed by atoms with Crippen molar-refractivity contribution in [3.63, 3.8) is 0 Å². The molecule has 2 N–H and O–H groups in total. The molecule has 4 heteroatoms. The molecular weight excluding hydrogens is 230 g/mol. The number of nitrogens with one attached hydrogen (secondary N) is 1. The Morgan fingerprint density at radius 3 is 2.89 bits per heavy atom. The fraction of sp³-hybridized carbons (Fsp3) is 0.357. The number of hydrogen-bond acceptors (Lipinski definition) is 3. The average molecular weight is 249 g/mol. The highest BCUT2D eigenvalue weighted by Gasteiger charge is 2.05. The van der Waals surface area contributed by atoms with Gasteiger partial charge in [0.15, 0.2) is 0 Å². The number of hydrogen-bond donors (Lipinski definition) is 2. The van der Waals surface area contributed by atoms with Crippen molar-refractivity contribution < 1.29 is 14.6 Å². The second kappa shape index (κ2) is 7.50. The van der Waals surface area contributed by atoms with Crippen molar-refractivity contribution in [3.8, 4) is 5.75 Å². The number of benzene rings is 1. The van der Waals surface area contributed by atoms with Gasteiger partial charge in [-0.15, -0.1) is 0 Å².